The summed E-state index contributed by atoms with van der Waals surface area (Å²) in [5.41, 5.74) is 0. The van der Waals surface area contributed by atoms with Crippen LogP contribution in [0.1, 0.15) is 51.9 Å². The summed E-state index contributed by atoms with van der Waals surface area (Å²) in [4.78, 5) is 11.2. The van der Waals surface area contributed by atoms with Crippen LogP contribution in [-0.4, -0.2) is 30.7 Å². The Morgan fingerprint density at radius 1 is 1.25 bits per heavy atom. The maximum absolute atomic E-state index is 11.2. The molecule has 0 aliphatic heterocycles. The van der Waals surface area contributed by atoms with E-state index in [4.69, 9.17) is 0 Å². The Balaban J connectivity index is 0. The Hall–Kier alpha value is 0.120. The van der Waals surface area contributed by atoms with Gasteiger partial charge < -0.3 is 9.87 Å². The van der Waals surface area contributed by atoms with Gasteiger partial charge >= 0.3 is 29.6 Å². The van der Waals surface area contributed by atoms with E-state index in [1.165, 1.54) is 19.3 Å². The van der Waals surface area contributed by atoms with Crippen molar-refractivity contribution in [2.45, 2.75) is 57.9 Å². The van der Waals surface area contributed by atoms with Crippen molar-refractivity contribution in [2.24, 2.45) is 0 Å². The van der Waals surface area contributed by atoms with Gasteiger partial charge in [0.1, 0.15) is 0 Å². The average Bonchev–Trinajstić information content (AvgIpc) is 2.31. The largest absolute Gasteiger partial charge is 1.00 e. The molecule has 20 heavy (non-hydrogen) atoms. The maximum atomic E-state index is 11.2. The number of nitrogens with one attached hydrogen (secondary N) is 1. The zero-order valence-electron chi connectivity index (χ0n) is 12.6. The van der Waals surface area contributed by atoms with E-state index in [2.05, 4.69) is 18.8 Å². The van der Waals surface area contributed by atoms with Crippen molar-refractivity contribution in [3.8, 4) is 0 Å². The molecule has 0 spiro atoms. The van der Waals surface area contributed by atoms with Crippen molar-refractivity contribution in [1.29, 1.82) is 0 Å². The molecule has 0 aromatic heterocycles. The second-order valence-electron chi connectivity index (χ2n) is 4.69. The summed E-state index contributed by atoms with van der Waals surface area (Å²) in [5, 5.41) is 2.49. The van der Waals surface area contributed by atoms with E-state index >= 15 is 0 Å². The van der Waals surface area contributed by atoms with Crippen LogP contribution in [0.25, 0.3) is 0 Å². The number of carbonyl (C=O) groups excluding carboxylic acids is 1. The van der Waals surface area contributed by atoms with E-state index < -0.39 is 27.8 Å². The normalized spacial score (nSPS) is 12.3. The minimum Gasteiger partial charge on any atom is -0.748 e. The summed E-state index contributed by atoms with van der Waals surface area (Å²) in [5.74, 6) is -0.999. The molecule has 0 aromatic carbocycles. The molecule has 1 amide bonds. The van der Waals surface area contributed by atoms with E-state index in [0.29, 0.717) is 6.42 Å². The standard InChI is InChI=1S/C13H25NO4S.Na/c1-3-5-6-7-8-9-10-12(11-19(16,17)18)14-13(15)4-2;/h4,12H,2-3,5-11H2,1H3,(H,14,15)(H,16,17,18);/q;+1/p-1. The molecule has 0 heterocycles. The summed E-state index contributed by atoms with van der Waals surface area (Å²) >= 11 is 0. The molecule has 0 fully saturated rings. The van der Waals surface area contributed by atoms with Crippen LogP contribution in [0, 0.1) is 0 Å². The van der Waals surface area contributed by atoms with Crippen LogP contribution in [0.5, 0.6) is 0 Å². The van der Waals surface area contributed by atoms with Crippen LogP contribution in [0.15, 0.2) is 12.7 Å². The third kappa shape index (κ3) is 14.5. The van der Waals surface area contributed by atoms with Crippen molar-refractivity contribution < 1.29 is 47.3 Å². The van der Waals surface area contributed by atoms with E-state index in [0.717, 1.165) is 25.3 Å². The Bertz CT molecular complexity index is 371. The number of unbranched alkanes of at least 4 members (excludes halogenated alkanes) is 5. The molecule has 5 nitrogen and oxygen atoms in total. The maximum Gasteiger partial charge on any atom is 1.00 e. The van der Waals surface area contributed by atoms with Gasteiger partial charge in [-0.15, -0.1) is 0 Å². The predicted molar refractivity (Wildman–Crippen MR) is 74.7 cm³/mol. The fourth-order valence-electron chi connectivity index (χ4n) is 1.87. The monoisotopic (exact) mass is 313 g/mol. The molecule has 0 aromatic rings. The third-order valence-corrected chi connectivity index (χ3v) is 3.65. The minimum absolute atomic E-state index is 0. The molecule has 0 aliphatic carbocycles. The Morgan fingerprint density at radius 2 is 1.80 bits per heavy atom. The van der Waals surface area contributed by atoms with Gasteiger partial charge in [0.25, 0.3) is 0 Å². The number of hydrogen-bond donors (Lipinski definition) is 1. The van der Waals surface area contributed by atoms with E-state index in [9.17, 15) is 17.8 Å². The Morgan fingerprint density at radius 3 is 2.30 bits per heavy atom. The van der Waals surface area contributed by atoms with Gasteiger partial charge in [0.2, 0.25) is 5.91 Å². The van der Waals surface area contributed by atoms with Gasteiger partial charge in [-0.3, -0.25) is 4.79 Å². The first-order valence-corrected chi connectivity index (χ1v) is 8.33. The smallest absolute Gasteiger partial charge is 0.748 e. The average molecular weight is 313 g/mol. The van der Waals surface area contributed by atoms with Gasteiger partial charge in [0, 0.05) is 6.04 Å². The number of rotatable bonds is 11. The quantitative estimate of drug-likeness (QED) is 0.228. The van der Waals surface area contributed by atoms with Gasteiger partial charge in [0.05, 0.1) is 15.9 Å². The fourth-order valence-corrected chi connectivity index (χ4v) is 2.62. The summed E-state index contributed by atoms with van der Waals surface area (Å²) < 4.78 is 32.3. The molecule has 0 saturated heterocycles. The molecule has 7 heteroatoms. The van der Waals surface area contributed by atoms with Crippen molar-refractivity contribution in [3.05, 3.63) is 12.7 Å². The van der Waals surface area contributed by atoms with Gasteiger partial charge in [-0.2, -0.15) is 0 Å². The second-order valence-corrected chi connectivity index (χ2v) is 6.14. The van der Waals surface area contributed by atoms with E-state index in [1.54, 1.807) is 0 Å². The second kappa shape index (κ2) is 12.8. The number of carbonyl (C=O) groups is 1. The van der Waals surface area contributed by atoms with Gasteiger partial charge in [-0.05, 0) is 12.5 Å². The van der Waals surface area contributed by atoms with Crippen LogP contribution in [0.2, 0.25) is 0 Å². The molecular weight excluding hydrogens is 289 g/mol. The summed E-state index contributed by atoms with van der Waals surface area (Å²) in [6.07, 6.45) is 8.01. The topological polar surface area (TPSA) is 86.3 Å². The number of hydrogen-bond acceptors (Lipinski definition) is 4. The zero-order valence-corrected chi connectivity index (χ0v) is 15.4. The first-order valence-electron chi connectivity index (χ1n) is 6.75. The van der Waals surface area contributed by atoms with Crippen LogP contribution < -0.4 is 34.9 Å². The molecule has 0 rings (SSSR count). The first kappa shape index (κ1) is 22.4. The molecule has 1 unspecified atom stereocenters. The van der Waals surface area contributed by atoms with Crippen molar-refractivity contribution in [2.75, 3.05) is 5.75 Å². The zero-order chi connectivity index (χ0) is 14.7. The van der Waals surface area contributed by atoms with Crippen LogP contribution in [0.4, 0.5) is 0 Å². The van der Waals surface area contributed by atoms with Crippen LogP contribution in [0.3, 0.4) is 0 Å². The Kier molecular flexibility index (Phi) is 14.4. The van der Waals surface area contributed by atoms with Crippen molar-refractivity contribution in [1.82, 2.24) is 5.32 Å². The number of amides is 1. The Labute approximate surface area is 144 Å². The van der Waals surface area contributed by atoms with E-state index in [-0.39, 0.29) is 29.6 Å². The predicted octanol–water partition coefficient (Wildman–Crippen LogP) is -1.04. The molecule has 112 valence electrons. The van der Waals surface area contributed by atoms with Gasteiger partial charge in [-0.25, -0.2) is 8.42 Å². The van der Waals surface area contributed by atoms with E-state index in [1.807, 2.05) is 0 Å². The molecular formula is C13H24NNaO4S. The van der Waals surface area contributed by atoms with Crippen LogP contribution in [-0.2, 0) is 14.9 Å². The minimum atomic E-state index is -4.33. The molecule has 0 aliphatic rings. The molecule has 0 bridgehead atoms. The van der Waals surface area contributed by atoms with Crippen molar-refractivity contribution >= 4 is 16.0 Å². The summed E-state index contributed by atoms with van der Waals surface area (Å²) in [7, 11) is -4.33. The summed E-state index contributed by atoms with van der Waals surface area (Å²) in [6.45, 7) is 5.44. The molecule has 1 atom stereocenters. The first-order chi connectivity index (χ1) is 8.89. The van der Waals surface area contributed by atoms with Crippen molar-refractivity contribution in [3.63, 3.8) is 0 Å². The fraction of sp³-hybridized carbons (Fsp3) is 0.769. The van der Waals surface area contributed by atoms with Crippen LogP contribution >= 0.6 is 0 Å². The molecule has 1 N–H and O–H groups in total. The molecule has 0 radical (unpaired) electrons. The third-order valence-electron chi connectivity index (χ3n) is 2.84. The summed E-state index contributed by atoms with van der Waals surface area (Å²) in [6, 6.07) is -0.612. The SMILES string of the molecule is C=CC(=O)NC(CCCCCCCC)CS(=O)(=O)[O-].[Na+]. The molecule has 0 saturated carbocycles. The van der Waals surface area contributed by atoms with Gasteiger partial charge in [-0.1, -0.05) is 52.0 Å². The van der Waals surface area contributed by atoms with Gasteiger partial charge in [0.15, 0.2) is 0 Å².